The van der Waals surface area contributed by atoms with E-state index in [0.717, 1.165) is 31.2 Å². The zero-order valence-corrected chi connectivity index (χ0v) is 16.3. The number of benzene rings is 1. The molecule has 2 heterocycles. The molecule has 3 fully saturated rings. The first-order valence-electron chi connectivity index (χ1n) is 10.6. The van der Waals surface area contributed by atoms with Crippen LogP contribution in [0.2, 0.25) is 0 Å². The van der Waals surface area contributed by atoms with E-state index in [9.17, 15) is 4.79 Å². The van der Waals surface area contributed by atoms with Crippen molar-refractivity contribution >= 4 is 5.97 Å². The number of esters is 1. The summed E-state index contributed by atoms with van der Waals surface area (Å²) in [6.45, 7) is 2.14. The van der Waals surface area contributed by atoms with Gasteiger partial charge in [-0.1, -0.05) is 49.6 Å². The lowest BCUT2D eigenvalue weighted by molar-refractivity contribution is -0.162. The molecule has 3 nitrogen and oxygen atoms in total. The van der Waals surface area contributed by atoms with Crippen molar-refractivity contribution in [3.05, 3.63) is 35.9 Å². The predicted molar refractivity (Wildman–Crippen MR) is 104 cm³/mol. The summed E-state index contributed by atoms with van der Waals surface area (Å²) in [4.78, 5) is 16.0. The van der Waals surface area contributed by atoms with Gasteiger partial charge in [0.2, 0.25) is 0 Å². The minimum absolute atomic E-state index is 0.0181. The van der Waals surface area contributed by atoms with E-state index in [4.69, 9.17) is 4.74 Å². The molecule has 0 radical (unpaired) electrons. The topological polar surface area (TPSA) is 29.5 Å². The van der Waals surface area contributed by atoms with Crippen LogP contribution in [-0.4, -0.2) is 36.1 Å². The molecular formula is C23H33NO2. The second-order valence-electron chi connectivity index (χ2n) is 8.95. The molecular weight excluding hydrogens is 322 g/mol. The molecule has 0 N–H and O–H groups in total. The quantitative estimate of drug-likeness (QED) is 0.734. The number of hydrogen-bond donors (Lipinski definition) is 0. The number of fused-ring (bicyclic) bond motifs is 2. The summed E-state index contributed by atoms with van der Waals surface area (Å²) in [6, 6.07) is 11.6. The van der Waals surface area contributed by atoms with Gasteiger partial charge in [-0.25, -0.2) is 0 Å². The Labute approximate surface area is 158 Å². The lowest BCUT2D eigenvalue weighted by Crippen LogP contribution is -2.48. The maximum atomic E-state index is 13.5. The molecule has 1 aliphatic carbocycles. The van der Waals surface area contributed by atoms with Gasteiger partial charge in [0, 0.05) is 12.1 Å². The van der Waals surface area contributed by atoms with Gasteiger partial charge < -0.3 is 9.64 Å². The molecule has 3 aliphatic rings. The number of hydrogen-bond acceptors (Lipinski definition) is 3. The van der Waals surface area contributed by atoms with E-state index < -0.39 is 5.41 Å². The van der Waals surface area contributed by atoms with Crippen molar-refractivity contribution in [1.29, 1.82) is 0 Å². The highest BCUT2D eigenvalue weighted by molar-refractivity contribution is 5.83. The standard InChI is InChI=1S/C23H33NO2/c1-23(17-9-5-3-6-10-17,18-11-7-4-8-12-18)22(25)26-21-15-19-13-14-20(16-21)24(19)2/h3,5-6,9-10,18-21H,4,7-8,11-16H2,1-2H3/t19-,20+,21?,23-/m1/s1. The maximum absolute atomic E-state index is 13.5. The largest absolute Gasteiger partial charge is 0.462 e. The van der Waals surface area contributed by atoms with Crippen molar-refractivity contribution in [3.63, 3.8) is 0 Å². The van der Waals surface area contributed by atoms with Gasteiger partial charge in [0.25, 0.3) is 0 Å². The molecule has 1 aromatic rings. The number of ether oxygens (including phenoxy) is 1. The molecule has 2 aliphatic heterocycles. The summed E-state index contributed by atoms with van der Waals surface area (Å²) in [5, 5.41) is 0. The number of carbonyl (C=O) groups is 1. The molecule has 4 rings (SSSR count). The lowest BCUT2D eigenvalue weighted by Gasteiger charge is -2.41. The van der Waals surface area contributed by atoms with Gasteiger partial charge in [0.05, 0.1) is 5.41 Å². The van der Waals surface area contributed by atoms with E-state index in [1.54, 1.807) is 0 Å². The zero-order chi connectivity index (χ0) is 18.1. The van der Waals surface area contributed by atoms with Gasteiger partial charge >= 0.3 is 5.97 Å². The molecule has 142 valence electrons. The van der Waals surface area contributed by atoms with E-state index >= 15 is 0 Å². The second kappa shape index (κ2) is 7.34. The summed E-state index contributed by atoms with van der Waals surface area (Å²) in [5.74, 6) is 0.415. The third-order valence-corrected chi connectivity index (χ3v) is 7.55. The summed E-state index contributed by atoms with van der Waals surface area (Å²) >= 11 is 0. The molecule has 2 saturated heterocycles. The Morgan fingerprint density at radius 1 is 1.00 bits per heavy atom. The molecule has 26 heavy (non-hydrogen) atoms. The fourth-order valence-corrected chi connectivity index (χ4v) is 5.72. The average molecular weight is 356 g/mol. The SMILES string of the molecule is CN1[C@@H]2CC[C@H]1CC(OC(=O)[C@](C)(c1ccccc1)C1CCCCC1)C2. The van der Waals surface area contributed by atoms with E-state index in [2.05, 4.69) is 43.1 Å². The fourth-order valence-electron chi connectivity index (χ4n) is 5.72. The Hall–Kier alpha value is -1.35. The Bertz CT molecular complexity index is 610. The molecule has 1 aromatic carbocycles. The number of nitrogens with zero attached hydrogens (tertiary/aromatic N) is 1. The van der Waals surface area contributed by atoms with Gasteiger partial charge in [0.15, 0.2) is 0 Å². The van der Waals surface area contributed by atoms with Crippen molar-refractivity contribution < 1.29 is 9.53 Å². The first-order chi connectivity index (χ1) is 12.6. The molecule has 1 unspecified atom stereocenters. The van der Waals surface area contributed by atoms with Gasteiger partial charge in [-0.15, -0.1) is 0 Å². The number of rotatable bonds is 4. The molecule has 0 aromatic heterocycles. The molecule has 0 amide bonds. The van der Waals surface area contributed by atoms with Gasteiger partial charge in [-0.2, -0.15) is 0 Å². The summed E-state index contributed by atoms with van der Waals surface area (Å²) in [5.41, 5.74) is 0.622. The first-order valence-corrected chi connectivity index (χ1v) is 10.6. The maximum Gasteiger partial charge on any atom is 0.316 e. The van der Waals surface area contributed by atoms with E-state index in [0.29, 0.717) is 18.0 Å². The highest BCUT2D eigenvalue weighted by Gasteiger charge is 2.47. The van der Waals surface area contributed by atoms with Crippen LogP contribution in [0.1, 0.15) is 70.3 Å². The zero-order valence-electron chi connectivity index (χ0n) is 16.3. The monoisotopic (exact) mass is 355 g/mol. The highest BCUT2D eigenvalue weighted by atomic mass is 16.5. The summed E-state index contributed by atoms with van der Waals surface area (Å²) in [7, 11) is 2.23. The third kappa shape index (κ3) is 3.19. The van der Waals surface area contributed by atoms with Crippen LogP contribution in [-0.2, 0) is 14.9 Å². The Morgan fingerprint density at radius 2 is 1.62 bits per heavy atom. The van der Waals surface area contributed by atoms with E-state index in [1.165, 1.54) is 32.1 Å². The Kier molecular flexibility index (Phi) is 5.09. The molecule has 3 heteroatoms. The summed E-state index contributed by atoms with van der Waals surface area (Å²) in [6.07, 6.45) is 10.7. The smallest absolute Gasteiger partial charge is 0.316 e. The molecule has 1 saturated carbocycles. The highest BCUT2D eigenvalue weighted by Crippen LogP contribution is 2.43. The fraction of sp³-hybridized carbons (Fsp3) is 0.696. The number of piperidine rings is 1. The van der Waals surface area contributed by atoms with Crippen molar-refractivity contribution in [3.8, 4) is 0 Å². The van der Waals surface area contributed by atoms with Gasteiger partial charge in [-0.05, 0) is 64.0 Å². The van der Waals surface area contributed by atoms with Crippen molar-refractivity contribution in [2.45, 2.75) is 88.3 Å². The van der Waals surface area contributed by atoms with E-state index in [1.807, 2.05) is 6.07 Å². The average Bonchev–Trinajstić information content (AvgIpc) is 2.89. The van der Waals surface area contributed by atoms with Crippen LogP contribution in [0.25, 0.3) is 0 Å². The minimum atomic E-state index is -0.510. The normalized spacial score (nSPS) is 32.2. The molecule has 2 bridgehead atoms. The van der Waals surface area contributed by atoms with Crippen LogP contribution in [0.4, 0.5) is 0 Å². The predicted octanol–water partition coefficient (Wildman–Crippen LogP) is 4.69. The van der Waals surface area contributed by atoms with Crippen molar-refractivity contribution in [2.75, 3.05) is 7.05 Å². The van der Waals surface area contributed by atoms with Gasteiger partial charge in [0.1, 0.15) is 6.10 Å². The third-order valence-electron chi connectivity index (χ3n) is 7.55. The minimum Gasteiger partial charge on any atom is -0.462 e. The molecule has 0 spiro atoms. The van der Waals surface area contributed by atoms with Crippen LogP contribution < -0.4 is 0 Å². The number of carbonyl (C=O) groups excluding carboxylic acids is 1. The van der Waals surface area contributed by atoms with Crippen molar-refractivity contribution in [2.24, 2.45) is 5.92 Å². The lowest BCUT2D eigenvalue weighted by atomic mass is 9.66. The van der Waals surface area contributed by atoms with Crippen LogP contribution in [0, 0.1) is 5.92 Å². The second-order valence-corrected chi connectivity index (χ2v) is 8.95. The van der Waals surface area contributed by atoms with Crippen LogP contribution >= 0.6 is 0 Å². The molecule has 4 atom stereocenters. The Balaban J connectivity index is 1.55. The van der Waals surface area contributed by atoms with Crippen LogP contribution in [0.3, 0.4) is 0 Å². The van der Waals surface area contributed by atoms with Crippen molar-refractivity contribution in [1.82, 2.24) is 4.90 Å². The van der Waals surface area contributed by atoms with Gasteiger partial charge in [-0.3, -0.25) is 4.79 Å². The summed E-state index contributed by atoms with van der Waals surface area (Å²) < 4.78 is 6.23. The first kappa shape index (κ1) is 18.0. The van der Waals surface area contributed by atoms with Crippen LogP contribution in [0.15, 0.2) is 30.3 Å². The van der Waals surface area contributed by atoms with Crippen LogP contribution in [0.5, 0.6) is 0 Å². The van der Waals surface area contributed by atoms with E-state index in [-0.39, 0.29) is 12.1 Å². The Morgan fingerprint density at radius 3 is 2.23 bits per heavy atom.